The molecule has 100 valence electrons. The zero-order chi connectivity index (χ0) is 14.0. The first-order valence-corrected chi connectivity index (χ1v) is 5.89. The Morgan fingerprint density at radius 3 is 2.74 bits per heavy atom. The van der Waals surface area contributed by atoms with Crippen molar-refractivity contribution in [2.45, 2.75) is 6.54 Å². The summed E-state index contributed by atoms with van der Waals surface area (Å²) in [6, 6.07) is 5.47. The average molecular weight is 260 g/mol. The minimum absolute atomic E-state index is 0.0230. The molecule has 0 N–H and O–H groups in total. The molecule has 5 nitrogen and oxygen atoms in total. The third-order valence-corrected chi connectivity index (χ3v) is 3.05. The van der Waals surface area contributed by atoms with Crippen LogP contribution in [0.25, 0.3) is 10.9 Å². The first-order chi connectivity index (χ1) is 9.06. The van der Waals surface area contributed by atoms with Crippen LogP contribution < -0.4 is 4.74 Å². The topological polar surface area (TPSA) is 51.5 Å². The van der Waals surface area contributed by atoms with E-state index < -0.39 is 0 Å². The van der Waals surface area contributed by atoms with Crippen molar-refractivity contribution < 1.29 is 14.3 Å². The summed E-state index contributed by atoms with van der Waals surface area (Å²) in [7, 11) is 4.99. The van der Waals surface area contributed by atoms with Crippen LogP contribution >= 0.6 is 0 Å². The molecule has 5 heteroatoms. The van der Waals surface area contributed by atoms with Gasteiger partial charge in [0.2, 0.25) is 5.91 Å². The molecule has 1 heterocycles. The number of aldehydes is 1. The maximum absolute atomic E-state index is 11.8. The summed E-state index contributed by atoms with van der Waals surface area (Å²) >= 11 is 0. The molecular weight excluding hydrogens is 244 g/mol. The molecular formula is C14H16N2O3. The van der Waals surface area contributed by atoms with Gasteiger partial charge in [-0.1, -0.05) is 0 Å². The largest absolute Gasteiger partial charge is 0.497 e. The Kier molecular flexibility index (Phi) is 3.55. The lowest BCUT2D eigenvalue weighted by Gasteiger charge is -2.11. The molecule has 1 aromatic heterocycles. The van der Waals surface area contributed by atoms with Crippen LogP contribution in [0.5, 0.6) is 5.75 Å². The number of aromatic nitrogens is 1. The second-order valence-corrected chi connectivity index (χ2v) is 4.50. The zero-order valence-electron chi connectivity index (χ0n) is 11.2. The molecule has 0 saturated carbocycles. The first kappa shape index (κ1) is 13.1. The molecule has 0 radical (unpaired) electrons. The van der Waals surface area contributed by atoms with Gasteiger partial charge in [0.25, 0.3) is 0 Å². The van der Waals surface area contributed by atoms with E-state index in [9.17, 15) is 9.59 Å². The van der Waals surface area contributed by atoms with Gasteiger partial charge in [0, 0.05) is 36.8 Å². The van der Waals surface area contributed by atoms with Crippen LogP contribution in [-0.4, -0.2) is 42.9 Å². The van der Waals surface area contributed by atoms with E-state index >= 15 is 0 Å². The lowest BCUT2D eigenvalue weighted by Crippen LogP contribution is -2.25. The Labute approximate surface area is 111 Å². The fraction of sp³-hybridized carbons (Fsp3) is 0.286. The fourth-order valence-electron chi connectivity index (χ4n) is 1.94. The third kappa shape index (κ3) is 2.45. The summed E-state index contributed by atoms with van der Waals surface area (Å²) in [6.07, 6.45) is 2.48. The van der Waals surface area contributed by atoms with E-state index in [4.69, 9.17) is 4.74 Å². The molecule has 0 saturated heterocycles. The van der Waals surface area contributed by atoms with Crippen molar-refractivity contribution >= 4 is 23.1 Å². The monoisotopic (exact) mass is 260 g/mol. The van der Waals surface area contributed by atoms with Crippen LogP contribution in [0.2, 0.25) is 0 Å². The van der Waals surface area contributed by atoms with Crippen LogP contribution in [0.3, 0.4) is 0 Å². The number of methoxy groups -OCH3 is 1. The van der Waals surface area contributed by atoms with E-state index in [1.165, 1.54) is 4.90 Å². The molecule has 0 aliphatic rings. The van der Waals surface area contributed by atoms with E-state index in [1.807, 2.05) is 12.1 Å². The number of fused-ring (bicyclic) bond motifs is 1. The molecule has 1 aromatic carbocycles. The molecule has 0 unspecified atom stereocenters. The molecule has 0 spiro atoms. The van der Waals surface area contributed by atoms with Gasteiger partial charge < -0.3 is 14.2 Å². The van der Waals surface area contributed by atoms with E-state index in [-0.39, 0.29) is 12.5 Å². The van der Waals surface area contributed by atoms with Gasteiger partial charge in [-0.25, -0.2) is 0 Å². The summed E-state index contributed by atoms with van der Waals surface area (Å²) < 4.78 is 6.93. The van der Waals surface area contributed by atoms with Gasteiger partial charge in [0.05, 0.1) is 7.11 Å². The van der Waals surface area contributed by atoms with Crippen molar-refractivity contribution in [3.05, 3.63) is 30.0 Å². The van der Waals surface area contributed by atoms with Crippen LogP contribution in [0.1, 0.15) is 10.4 Å². The van der Waals surface area contributed by atoms with E-state index in [0.717, 1.165) is 17.2 Å². The number of ether oxygens (including phenoxy) is 1. The third-order valence-electron chi connectivity index (χ3n) is 3.05. The number of amides is 1. The Balaban J connectivity index is 2.51. The number of carbonyl (C=O) groups is 2. The van der Waals surface area contributed by atoms with Crippen LogP contribution in [0.15, 0.2) is 24.4 Å². The van der Waals surface area contributed by atoms with Crippen molar-refractivity contribution in [2.75, 3.05) is 21.2 Å². The van der Waals surface area contributed by atoms with E-state index in [0.29, 0.717) is 11.3 Å². The quantitative estimate of drug-likeness (QED) is 0.784. The molecule has 19 heavy (non-hydrogen) atoms. The van der Waals surface area contributed by atoms with Crippen molar-refractivity contribution in [3.63, 3.8) is 0 Å². The van der Waals surface area contributed by atoms with Crippen molar-refractivity contribution in [3.8, 4) is 5.75 Å². The molecule has 0 aliphatic carbocycles. The molecule has 0 aliphatic heterocycles. The number of rotatable bonds is 4. The summed E-state index contributed by atoms with van der Waals surface area (Å²) in [5, 5.41) is 0.793. The molecule has 0 fully saturated rings. The van der Waals surface area contributed by atoms with Gasteiger partial charge in [-0.3, -0.25) is 9.59 Å². The number of carbonyl (C=O) groups excluding carboxylic acids is 2. The molecule has 0 atom stereocenters. The van der Waals surface area contributed by atoms with E-state index in [1.54, 1.807) is 38.0 Å². The highest BCUT2D eigenvalue weighted by molar-refractivity contribution is 5.98. The minimum atomic E-state index is -0.0230. The number of nitrogens with zero attached hydrogens (tertiary/aromatic N) is 2. The number of benzene rings is 1. The van der Waals surface area contributed by atoms with E-state index in [2.05, 4.69) is 0 Å². The van der Waals surface area contributed by atoms with Gasteiger partial charge in [-0.2, -0.15) is 0 Å². The molecule has 2 aromatic rings. The number of hydrogen-bond donors (Lipinski definition) is 0. The maximum atomic E-state index is 11.8. The maximum Gasteiger partial charge on any atom is 0.241 e. The second kappa shape index (κ2) is 5.14. The minimum Gasteiger partial charge on any atom is -0.497 e. The van der Waals surface area contributed by atoms with Crippen LogP contribution in [-0.2, 0) is 11.3 Å². The molecule has 2 rings (SSSR count). The lowest BCUT2D eigenvalue weighted by atomic mass is 10.2. The van der Waals surface area contributed by atoms with Crippen LogP contribution in [0, 0.1) is 0 Å². The predicted octanol–water partition coefficient (Wildman–Crippen LogP) is 1.55. The Morgan fingerprint density at radius 1 is 1.42 bits per heavy atom. The number of hydrogen-bond acceptors (Lipinski definition) is 3. The van der Waals surface area contributed by atoms with Gasteiger partial charge >= 0.3 is 0 Å². The highest BCUT2D eigenvalue weighted by Gasteiger charge is 2.12. The van der Waals surface area contributed by atoms with Crippen molar-refractivity contribution in [1.29, 1.82) is 0 Å². The highest BCUT2D eigenvalue weighted by Crippen LogP contribution is 2.25. The Hall–Kier alpha value is -2.30. The summed E-state index contributed by atoms with van der Waals surface area (Å²) in [4.78, 5) is 24.4. The van der Waals surface area contributed by atoms with Gasteiger partial charge in [-0.05, 0) is 18.2 Å². The molecule has 0 bridgehead atoms. The van der Waals surface area contributed by atoms with Crippen molar-refractivity contribution in [2.24, 2.45) is 0 Å². The summed E-state index contributed by atoms with van der Waals surface area (Å²) in [5.41, 5.74) is 1.40. The van der Waals surface area contributed by atoms with Crippen molar-refractivity contribution in [1.82, 2.24) is 9.47 Å². The summed E-state index contributed by atoms with van der Waals surface area (Å²) in [5.74, 6) is 0.664. The highest BCUT2D eigenvalue weighted by atomic mass is 16.5. The van der Waals surface area contributed by atoms with Gasteiger partial charge in [0.15, 0.2) is 6.29 Å². The van der Waals surface area contributed by atoms with Gasteiger partial charge in [-0.15, -0.1) is 0 Å². The fourth-order valence-corrected chi connectivity index (χ4v) is 1.94. The lowest BCUT2D eigenvalue weighted by molar-refractivity contribution is -0.129. The average Bonchev–Trinajstić information content (AvgIpc) is 2.75. The molecule has 1 amide bonds. The number of likely N-dealkylation sites (N-methyl/N-ethyl adjacent to an activating group) is 1. The predicted molar refractivity (Wildman–Crippen MR) is 72.6 cm³/mol. The SMILES string of the molecule is COc1ccc2c(c1)c(C=O)cn2CC(=O)N(C)C. The zero-order valence-corrected chi connectivity index (χ0v) is 11.2. The second-order valence-electron chi connectivity index (χ2n) is 4.50. The van der Waals surface area contributed by atoms with Gasteiger partial charge in [0.1, 0.15) is 12.3 Å². The first-order valence-electron chi connectivity index (χ1n) is 5.89. The Morgan fingerprint density at radius 2 is 2.16 bits per heavy atom. The Bertz CT molecular complexity index is 629. The standard InChI is InChI=1S/C14H16N2O3/c1-15(2)14(18)8-16-7-10(9-17)12-6-11(19-3)4-5-13(12)16/h4-7,9H,8H2,1-3H3. The normalized spacial score (nSPS) is 10.5. The summed E-state index contributed by atoms with van der Waals surface area (Å²) in [6.45, 7) is 0.212. The van der Waals surface area contributed by atoms with Crippen LogP contribution in [0.4, 0.5) is 0 Å². The smallest absolute Gasteiger partial charge is 0.241 e.